The number of nitrogens with one attached hydrogen (secondary N) is 1. The van der Waals surface area contributed by atoms with Crippen molar-refractivity contribution < 1.29 is 0 Å². The summed E-state index contributed by atoms with van der Waals surface area (Å²) in [7, 11) is 0. The first-order valence-corrected chi connectivity index (χ1v) is 4.07. The molecule has 0 atom stereocenters. The zero-order chi connectivity index (χ0) is 9.42. The second-order valence-corrected chi connectivity index (χ2v) is 3.04. The molecule has 0 saturated carbocycles. The van der Waals surface area contributed by atoms with Gasteiger partial charge < -0.3 is 4.98 Å². The first-order chi connectivity index (χ1) is 6.18. The summed E-state index contributed by atoms with van der Waals surface area (Å²) in [5.41, 5.74) is 1.05. The number of halogens is 1. The summed E-state index contributed by atoms with van der Waals surface area (Å²) in [6.45, 7) is 1.80. The lowest BCUT2D eigenvalue weighted by Gasteiger charge is -1.98. The molecule has 5 heteroatoms. The van der Waals surface area contributed by atoms with Crippen molar-refractivity contribution in [2.24, 2.45) is 0 Å². The highest BCUT2D eigenvalue weighted by atomic mass is 35.5. The molecule has 0 fully saturated rings. The van der Waals surface area contributed by atoms with Crippen molar-refractivity contribution >= 4 is 22.5 Å². The number of rotatable bonds is 0. The van der Waals surface area contributed by atoms with E-state index in [0.717, 1.165) is 5.69 Å². The number of hydrogen-bond acceptors (Lipinski definition) is 3. The number of fused-ring (bicyclic) bond motifs is 1. The van der Waals surface area contributed by atoms with Gasteiger partial charge in [0.2, 0.25) is 0 Å². The van der Waals surface area contributed by atoms with Gasteiger partial charge in [-0.3, -0.25) is 4.79 Å². The van der Waals surface area contributed by atoms with Crippen LogP contribution in [0.3, 0.4) is 0 Å². The fourth-order valence-electron chi connectivity index (χ4n) is 1.16. The number of aromatic amines is 1. The van der Waals surface area contributed by atoms with E-state index in [1.807, 2.05) is 0 Å². The molecule has 13 heavy (non-hydrogen) atoms. The van der Waals surface area contributed by atoms with Crippen molar-refractivity contribution in [1.29, 1.82) is 0 Å². The number of aromatic nitrogens is 3. The van der Waals surface area contributed by atoms with Crippen LogP contribution in [0.15, 0.2) is 17.2 Å². The highest BCUT2D eigenvalue weighted by molar-refractivity contribution is 6.34. The van der Waals surface area contributed by atoms with Crippen molar-refractivity contribution in [2.75, 3.05) is 0 Å². The fraction of sp³-hybridized carbons (Fsp3) is 0.125. The first-order valence-electron chi connectivity index (χ1n) is 3.69. The van der Waals surface area contributed by atoms with Crippen LogP contribution in [0.2, 0.25) is 5.15 Å². The van der Waals surface area contributed by atoms with E-state index in [2.05, 4.69) is 15.0 Å². The Kier molecular flexibility index (Phi) is 1.77. The average molecular weight is 196 g/mol. The standard InChI is InChI=1S/C8H6ClN3O/c1-4-2-5-6(7(9)12-4)8(13)11-3-10-5/h2-3H,1H3,(H,10,11,13). The molecule has 0 aliphatic rings. The minimum absolute atomic E-state index is 0.198. The molecule has 0 aliphatic carbocycles. The van der Waals surface area contributed by atoms with Crippen molar-refractivity contribution in [1.82, 2.24) is 15.0 Å². The Labute approximate surface area is 78.6 Å². The molecule has 66 valence electrons. The number of nitrogens with zero attached hydrogens (tertiary/aromatic N) is 2. The molecule has 0 bridgehead atoms. The number of pyridine rings is 1. The minimum atomic E-state index is -0.262. The molecule has 0 radical (unpaired) electrons. The molecule has 2 heterocycles. The molecule has 0 unspecified atom stereocenters. The van der Waals surface area contributed by atoms with Gasteiger partial charge >= 0.3 is 0 Å². The van der Waals surface area contributed by atoms with Crippen molar-refractivity contribution in [3.05, 3.63) is 33.6 Å². The Bertz CT molecular complexity index is 520. The Morgan fingerprint density at radius 1 is 1.54 bits per heavy atom. The highest BCUT2D eigenvalue weighted by Crippen LogP contribution is 2.15. The molecule has 2 aromatic heterocycles. The third-order valence-corrected chi connectivity index (χ3v) is 1.98. The molecule has 0 saturated heterocycles. The van der Waals surface area contributed by atoms with Crippen LogP contribution in [-0.4, -0.2) is 15.0 Å². The van der Waals surface area contributed by atoms with E-state index in [0.29, 0.717) is 10.9 Å². The summed E-state index contributed by atoms with van der Waals surface area (Å²) in [6, 6.07) is 1.72. The van der Waals surface area contributed by atoms with Gasteiger partial charge in [-0.2, -0.15) is 0 Å². The van der Waals surface area contributed by atoms with Crippen LogP contribution in [-0.2, 0) is 0 Å². The van der Waals surface area contributed by atoms with E-state index >= 15 is 0 Å². The maximum absolute atomic E-state index is 11.3. The van der Waals surface area contributed by atoms with Gasteiger partial charge in [0, 0.05) is 5.69 Å². The third-order valence-electron chi connectivity index (χ3n) is 1.71. The molecule has 4 nitrogen and oxygen atoms in total. The van der Waals surface area contributed by atoms with Crippen LogP contribution in [0, 0.1) is 6.92 Å². The maximum Gasteiger partial charge on any atom is 0.261 e. The molecule has 0 aliphatic heterocycles. The maximum atomic E-state index is 11.3. The third kappa shape index (κ3) is 1.29. The molecular weight excluding hydrogens is 190 g/mol. The van der Waals surface area contributed by atoms with E-state index in [1.54, 1.807) is 13.0 Å². The lowest BCUT2D eigenvalue weighted by atomic mass is 10.3. The van der Waals surface area contributed by atoms with Crippen LogP contribution in [0.5, 0.6) is 0 Å². The summed E-state index contributed by atoms with van der Waals surface area (Å²) in [5, 5.41) is 0.541. The van der Waals surface area contributed by atoms with Gasteiger partial charge in [-0.15, -0.1) is 0 Å². The summed E-state index contributed by atoms with van der Waals surface area (Å²) in [5.74, 6) is 0. The quantitative estimate of drug-likeness (QED) is 0.645. The molecule has 2 rings (SSSR count). The van der Waals surface area contributed by atoms with Gasteiger partial charge in [-0.25, -0.2) is 9.97 Å². The first kappa shape index (κ1) is 8.19. The highest BCUT2D eigenvalue weighted by Gasteiger charge is 2.05. The van der Waals surface area contributed by atoms with Crippen LogP contribution in [0.25, 0.3) is 10.9 Å². The SMILES string of the molecule is Cc1cc2nc[nH]c(=O)c2c(Cl)n1. The molecular formula is C8H6ClN3O. The van der Waals surface area contributed by atoms with Crippen LogP contribution >= 0.6 is 11.6 Å². The lowest BCUT2D eigenvalue weighted by molar-refractivity contribution is 1.14. The van der Waals surface area contributed by atoms with Crippen molar-refractivity contribution in [3.63, 3.8) is 0 Å². The Morgan fingerprint density at radius 3 is 3.08 bits per heavy atom. The zero-order valence-electron chi connectivity index (χ0n) is 6.84. The van der Waals surface area contributed by atoms with Gasteiger partial charge in [-0.05, 0) is 13.0 Å². The van der Waals surface area contributed by atoms with Crippen LogP contribution in [0.4, 0.5) is 0 Å². The number of hydrogen-bond donors (Lipinski definition) is 1. The van der Waals surface area contributed by atoms with Gasteiger partial charge in [0.25, 0.3) is 5.56 Å². The molecule has 0 amide bonds. The Morgan fingerprint density at radius 2 is 2.31 bits per heavy atom. The molecule has 0 aromatic carbocycles. The summed E-state index contributed by atoms with van der Waals surface area (Å²) in [6.07, 6.45) is 1.35. The molecule has 2 aromatic rings. The fourth-order valence-corrected chi connectivity index (χ4v) is 1.48. The Balaban J connectivity index is 3.03. The van der Waals surface area contributed by atoms with Crippen LogP contribution in [0.1, 0.15) is 5.69 Å². The smallest absolute Gasteiger partial charge is 0.261 e. The van der Waals surface area contributed by atoms with Crippen LogP contribution < -0.4 is 5.56 Å². The number of H-pyrrole nitrogens is 1. The predicted octanol–water partition coefficient (Wildman–Crippen LogP) is 1.28. The van der Waals surface area contributed by atoms with Gasteiger partial charge in [0.15, 0.2) is 0 Å². The van der Waals surface area contributed by atoms with Crippen molar-refractivity contribution in [3.8, 4) is 0 Å². The summed E-state index contributed by atoms with van der Waals surface area (Å²) >= 11 is 5.80. The van der Waals surface area contributed by atoms with Gasteiger partial charge in [-0.1, -0.05) is 11.6 Å². The van der Waals surface area contributed by atoms with E-state index in [-0.39, 0.29) is 10.7 Å². The molecule has 1 N–H and O–H groups in total. The van der Waals surface area contributed by atoms with E-state index < -0.39 is 0 Å². The summed E-state index contributed by atoms with van der Waals surface area (Å²) < 4.78 is 0. The Hall–Kier alpha value is -1.42. The largest absolute Gasteiger partial charge is 0.313 e. The second kappa shape index (κ2) is 2.81. The second-order valence-electron chi connectivity index (χ2n) is 2.68. The topological polar surface area (TPSA) is 58.6 Å². The monoisotopic (exact) mass is 195 g/mol. The van der Waals surface area contributed by atoms with E-state index in [4.69, 9.17) is 11.6 Å². The van der Waals surface area contributed by atoms with E-state index in [1.165, 1.54) is 6.33 Å². The lowest BCUT2D eigenvalue weighted by Crippen LogP contribution is -2.07. The zero-order valence-corrected chi connectivity index (χ0v) is 7.59. The minimum Gasteiger partial charge on any atom is -0.313 e. The summed E-state index contributed by atoms with van der Waals surface area (Å²) in [4.78, 5) is 21.7. The van der Waals surface area contributed by atoms with Gasteiger partial charge in [0.05, 0.1) is 11.8 Å². The van der Waals surface area contributed by atoms with E-state index in [9.17, 15) is 4.79 Å². The molecule has 0 spiro atoms. The van der Waals surface area contributed by atoms with Crippen molar-refractivity contribution in [2.45, 2.75) is 6.92 Å². The van der Waals surface area contributed by atoms with Gasteiger partial charge in [0.1, 0.15) is 10.5 Å². The predicted molar refractivity (Wildman–Crippen MR) is 49.9 cm³/mol. The number of aryl methyl sites for hydroxylation is 1. The average Bonchev–Trinajstić information content (AvgIpc) is 2.02. The normalized spacial score (nSPS) is 10.6.